The van der Waals surface area contributed by atoms with Crippen molar-refractivity contribution in [2.75, 3.05) is 26.9 Å². The van der Waals surface area contributed by atoms with E-state index < -0.39 is 11.9 Å². The van der Waals surface area contributed by atoms with Crippen molar-refractivity contribution in [3.05, 3.63) is 57.8 Å². The van der Waals surface area contributed by atoms with Crippen LogP contribution in [-0.2, 0) is 19.0 Å². The van der Waals surface area contributed by atoms with E-state index in [1.54, 1.807) is 19.1 Å². The Morgan fingerprint density at radius 3 is 2.81 bits per heavy atom. The maximum atomic E-state index is 12.9. The standard InChI is InChI=1S/C22H22ClN3O5/c1-4-29-14-6-5-13-9-15(20(23)26-17(13)10-14)19-16(11-24)21(25)31-12(2)18(19)22(27)30-8-7-28-3/h5-6,9-10,19H,4,7-8,25H2,1-3H3. The molecular weight excluding hydrogens is 422 g/mol. The van der Waals surface area contributed by atoms with Crippen LogP contribution in [0, 0.1) is 11.3 Å². The van der Waals surface area contributed by atoms with Crippen molar-refractivity contribution >= 4 is 28.5 Å². The molecule has 3 rings (SSSR count). The fraction of sp³-hybridized carbons (Fsp3) is 0.318. The highest BCUT2D eigenvalue weighted by molar-refractivity contribution is 6.30. The van der Waals surface area contributed by atoms with Gasteiger partial charge in [0.25, 0.3) is 0 Å². The number of pyridine rings is 1. The molecule has 0 saturated heterocycles. The summed E-state index contributed by atoms with van der Waals surface area (Å²) in [6, 6.07) is 9.22. The number of nitriles is 1. The molecule has 162 valence electrons. The van der Waals surface area contributed by atoms with Crippen LogP contribution in [0.25, 0.3) is 10.9 Å². The van der Waals surface area contributed by atoms with Crippen molar-refractivity contribution in [2.45, 2.75) is 19.8 Å². The minimum absolute atomic E-state index is 0.0455. The molecule has 0 spiro atoms. The molecule has 9 heteroatoms. The van der Waals surface area contributed by atoms with Crippen LogP contribution >= 0.6 is 11.6 Å². The second-order valence-electron chi connectivity index (χ2n) is 6.68. The summed E-state index contributed by atoms with van der Waals surface area (Å²) in [6.07, 6.45) is 0. The van der Waals surface area contributed by atoms with E-state index in [-0.39, 0.29) is 41.2 Å². The van der Waals surface area contributed by atoms with Gasteiger partial charge in [0, 0.05) is 24.1 Å². The topological polar surface area (TPSA) is 117 Å². The molecule has 1 atom stereocenters. The van der Waals surface area contributed by atoms with Crippen LogP contribution in [0.2, 0.25) is 5.15 Å². The first kappa shape index (κ1) is 22.4. The monoisotopic (exact) mass is 443 g/mol. The third kappa shape index (κ3) is 4.58. The molecule has 1 unspecified atom stereocenters. The number of carbonyl (C=O) groups excluding carboxylic acids is 1. The number of carbonyl (C=O) groups is 1. The lowest BCUT2D eigenvalue weighted by Crippen LogP contribution is -2.26. The number of ether oxygens (including phenoxy) is 4. The number of hydrogen-bond donors (Lipinski definition) is 1. The fourth-order valence-corrected chi connectivity index (χ4v) is 3.61. The van der Waals surface area contributed by atoms with Crippen molar-refractivity contribution in [2.24, 2.45) is 5.73 Å². The number of esters is 1. The highest BCUT2D eigenvalue weighted by Crippen LogP contribution is 2.42. The van der Waals surface area contributed by atoms with Gasteiger partial charge in [-0.15, -0.1) is 0 Å². The second kappa shape index (κ2) is 9.69. The molecule has 1 aromatic heterocycles. The third-order valence-corrected chi connectivity index (χ3v) is 5.04. The van der Waals surface area contributed by atoms with Crippen molar-refractivity contribution in [3.8, 4) is 11.8 Å². The molecule has 0 fully saturated rings. The van der Waals surface area contributed by atoms with Gasteiger partial charge in [0.2, 0.25) is 5.88 Å². The number of benzene rings is 1. The Morgan fingerprint density at radius 1 is 1.35 bits per heavy atom. The average molecular weight is 444 g/mol. The molecule has 0 bridgehead atoms. The van der Waals surface area contributed by atoms with E-state index in [1.807, 2.05) is 25.1 Å². The van der Waals surface area contributed by atoms with Gasteiger partial charge in [0.1, 0.15) is 34.9 Å². The molecule has 0 radical (unpaired) electrons. The largest absolute Gasteiger partial charge is 0.494 e. The predicted octanol–water partition coefficient (Wildman–Crippen LogP) is 3.56. The molecule has 2 aromatic rings. The number of aromatic nitrogens is 1. The molecule has 1 aromatic carbocycles. The molecule has 2 N–H and O–H groups in total. The molecule has 1 aliphatic heterocycles. The van der Waals surface area contributed by atoms with Crippen LogP contribution in [0.4, 0.5) is 0 Å². The van der Waals surface area contributed by atoms with Gasteiger partial charge in [0.05, 0.1) is 30.2 Å². The lowest BCUT2D eigenvalue weighted by Gasteiger charge is -2.27. The Labute approximate surface area is 184 Å². The first-order chi connectivity index (χ1) is 14.9. The summed E-state index contributed by atoms with van der Waals surface area (Å²) in [5.74, 6) is -0.738. The van der Waals surface area contributed by atoms with Crippen LogP contribution in [0.15, 0.2) is 47.1 Å². The van der Waals surface area contributed by atoms with Crippen molar-refractivity contribution in [1.29, 1.82) is 5.26 Å². The van der Waals surface area contributed by atoms with Gasteiger partial charge in [-0.3, -0.25) is 0 Å². The van der Waals surface area contributed by atoms with Gasteiger partial charge in [-0.05, 0) is 32.0 Å². The van der Waals surface area contributed by atoms with Crippen LogP contribution in [0.3, 0.4) is 0 Å². The average Bonchev–Trinajstić information content (AvgIpc) is 2.73. The fourth-order valence-electron chi connectivity index (χ4n) is 3.35. The first-order valence-electron chi connectivity index (χ1n) is 9.58. The van der Waals surface area contributed by atoms with Gasteiger partial charge >= 0.3 is 5.97 Å². The molecule has 0 amide bonds. The van der Waals surface area contributed by atoms with E-state index in [0.717, 1.165) is 5.39 Å². The number of fused-ring (bicyclic) bond motifs is 1. The van der Waals surface area contributed by atoms with Crippen molar-refractivity contribution in [1.82, 2.24) is 4.98 Å². The zero-order valence-electron chi connectivity index (χ0n) is 17.4. The number of nitrogens with two attached hydrogens (primary N) is 1. The zero-order valence-corrected chi connectivity index (χ0v) is 18.2. The number of allylic oxidation sites excluding steroid dienone is 2. The summed E-state index contributed by atoms with van der Waals surface area (Å²) in [6.45, 7) is 4.27. The number of nitrogens with zero attached hydrogens (tertiary/aromatic N) is 2. The van der Waals surface area contributed by atoms with Crippen LogP contribution < -0.4 is 10.5 Å². The summed E-state index contributed by atoms with van der Waals surface area (Å²) in [7, 11) is 1.50. The zero-order chi connectivity index (χ0) is 22.5. The molecular formula is C22H22ClN3O5. The Morgan fingerprint density at radius 2 is 2.13 bits per heavy atom. The third-order valence-electron chi connectivity index (χ3n) is 4.74. The normalized spacial score (nSPS) is 16.2. The molecule has 0 aliphatic carbocycles. The van der Waals surface area contributed by atoms with E-state index >= 15 is 0 Å². The van der Waals surface area contributed by atoms with E-state index in [4.69, 9.17) is 36.3 Å². The van der Waals surface area contributed by atoms with E-state index in [1.165, 1.54) is 7.11 Å². The summed E-state index contributed by atoms with van der Waals surface area (Å²) in [5, 5.41) is 10.6. The van der Waals surface area contributed by atoms with Crippen LogP contribution in [0.1, 0.15) is 25.3 Å². The Balaban J connectivity index is 2.12. The van der Waals surface area contributed by atoms with E-state index in [0.29, 0.717) is 23.4 Å². The Kier molecular flexibility index (Phi) is 7.00. The Bertz CT molecular complexity index is 1120. The molecule has 1 aliphatic rings. The lowest BCUT2D eigenvalue weighted by atomic mass is 9.83. The van der Waals surface area contributed by atoms with Crippen LogP contribution in [-0.4, -0.2) is 37.9 Å². The van der Waals surface area contributed by atoms with E-state index in [2.05, 4.69) is 4.98 Å². The minimum Gasteiger partial charge on any atom is -0.494 e. The van der Waals surface area contributed by atoms with Crippen molar-refractivity contribution in [3.63, 3.8) is 0 Å². The smallest absolute Gasteiger partial charge is 0.338 e. The summed E-state index contributed by atoms with van der Waals surface area (Å²) in [4.78, 5) is 17.3. The quantitative estimate of drug-likeness (QED) is 0.392. The Hall–Kier alpha value is -3.28. The minimum atomic E-state index is -0.884. The summed E-state index contributed by atoms with van der Waals surface area (Å²) >= 11 is 6.52. The first-order valence-corrected chi connectivity index (χ1v) is 9.96. The van der Waals surface area contributed by atoms with E-state index in [9.17, 15) is 10.1 Å². The molecule has 0 saturated carbocycles. The maximum absolute atomic E-state index is 12.9. The number of halogens is 1. The predicted molar refractivity (Wildman–Crippen MR) is 114 cm³/mol. The highest BCUT2D eigenvalue weighted by atomic mass is 35.5. The number of methoxy groups -OCH3 is 1. The van der Waals surface area contributed by atoms with Gasteiger partial charge in [-0.1, -0.05) is 11.6 Å². The number of rotatable bonds is 7. The maximum Gasteiger partial charge on any atom is 0.338 e. The SMILES string of the molecule is CCOc1ccc2cc(C3C(C#N)=C(N)OC(C)=C3C(=O)OCCOC)c(Cl)nc2c1. The highest BCUT2D eigenvalue weighted by Gasteiger charge is 2.38. The van der Waals surface area contributed by atoms with Gasteiger partial charge in [-0.2, -0.15) is 5.26 Å². The molecule has 31 heavy (non-hydrogen) atoms. The van der Waals surface area contributed by atoms with Gasteiger partial charge in [0.15, 0.2) is 0 Å². The molecule has 8 nitrogen and oxygen atoms in total. The van der Waals surface area contributed by atoms with Gasteiger partial charge in [-0.25, -0.2) is 9.78 Å². The second-order valence-corrected chi connectivity index (χ2v) is 7.04. The van der Waals surface area contributed by atoms with Gasteiger partial charge < -0.3 is 24.7 Å². The van der Waals surface area contributed by atoms with Crippen LogP contribution in [0.5, 0.6) is 5.75 Å². The van der Waals surface area contributed by atoms with Crippen molar-refractivity contribution < 1.29 is 23.7 Å². The lowest BCUT2D eigenvalue weighted by molar-refractivity contribution is -0.140. The number of hydrogen-bond acceptors (Lipinski definition) is 8. The molecule has 2 heterocycles. The summed E-state index contributed by atoms with van der Waals surface area (Å²) in [5.41, 5.74) is 7.21. The summed E-state index contributed by atoms with van der Waals surface area (Å²) < 4.78 is 21.2.